The van der Waals surface area contributed by atoms with Crippen LogP contribution in [0.1, 0.15) is 11.1 Å². The van der Waals surface area contributed by atoms with Crippen molar-refractivity contribution in [3.8, 4) is 5.75 Å². The number of likely N-dealkylation sites (N-methyl/N-ethyl adjacent to an activating group) is 1. The second kappa shape index (κ2) is 8.66. The van der Waals surface area contributed by atoms with E-state index in [2.05, 4.69) is 5.32 Å². The molecule has 2 aromatic carbocycles. The van der Waals surface area contributed by atoms with E-state index in [-0.39, 0.29) is 18.2 Å². The molecule has 2 rings (SSSR count). The fourth-order valence-electron chi connectivity index (χ4n) is 2.28. The molecule has 4 nitrogen and oxygen atoms in total. The molecule has 128 valence electrons. The van der Waals surface area contributed by atoms with E-state index in [1.807, 2.05) is 24.1 Å². The molecule has 0 fully saturated rings. The molecule has 1 N–H and O–H groups in total. The molecule has 0 aliphatic carbocycles. The summed E-state index contributed by atoms with van der Waals surface area (Å²) in [7, 11) is 3.24. The van der Waals surface area contributed by atoms with Gasteiger partial charge in [-0.25, -0.2) is 4.39 Å². The number of carbonyl (C=O) groups excluding carboxylic acids is 1. The molecule has 0 aliphatic heterocycles. The third kappa shape index (κ3) is 5.51. The molecule has 0 unspecified atom stereocenters. The van der Waals surface area contributed by atoms with Crippen LogP contribution in [0.4, 0.5) is 4.39 Å². The predicted molar refractivity (Wildman–Crippen MR) is 92.6 cm³/mol. The summed E-state index contributed by atoms with van der Waals surface area (Å²) in [5.41, 5.74) is 1.76. The first-order chi connectivity index (χ1) is 11.5. The van der Waals surface area contributed by atoms with E-state index in [4.69, 9.17) is 16.3 Å². The Morgan fingerprint density at radius 3 is 2.50 bits per heavy atom. The lowest BCUT2D eigenvalue weighted by atomic mass is 10.2. The van der Waals surface area contributed by atoms with Gasteiger partial charge in [0.25, 0.3) is 0 Å². The Labute approximate surface area is 146 Å². The van der Waals surface area contributed by atoms with Crippen LogP contribution in [0, 0.1) is 5.82 Å². The molecule has 2 aromatic rings. The molecule has 0 radical (unpaired) electrons. The van der Waals surface area contributed by atoms with Crippen LogP contribution in [0.5, 0.6) is 5.75 Å². The Morgan fingerprint density at radius 1 is 1.21 bits per heavy atom. The van der Waals surface area contributed by atoms with Gasteiger partial charge in [-0.1, -0.05) is 29.8 Å². The minimum atomic E-state index is -0.407. The highest BCUT2D eigenvalue weighted by Gasteiger charge is 2.09. The lowest BCUT2D eigenvalue weighted by Gasteiger charge is -2.17. The lowest BCUT2D eigenvalue weighted by Crippen LogP contribution is -2.34. The molecule has 0 aromatic heterocycles. The minimum absolute atomic E-state index is 0.0959. The highest BCUT2D eigenvalue weighted by molar-refractivity contribution is 6.30. The van der Waals surface area contributed by atoms with Gasteiger partial charge in [-0.15, -0.1) is 0 Å². The van der Waals surface area contributed by atoms with Crippen LogP contribution in [-0.4, -0.2) is 31.5 Å². The van der Waals surface area contributed by atoms with E-state index >= 15 is 0 Å². The molecular formula is C18H20ClFN2O2. The maximum absolute atomic E-state index is 13.7. The third-order valence-electron chi connectivity index (χ3n) is 3.49. The standard InChI is InChI=1S/C18H20ClFN2O2/c1-22(11-14-5-8-17(24-2)16(20)9-14)12-18(23)21-10-13-3-6-15(19)7-4-13/h3-9H,10-12H2,1-2H3,(H,21,23). The molecular weight excluding hydrogens is 331 g/mol. The SMILES string of the molecule is COc1ccc(CN(C)CC(=O)NCc2ccc(Cl)cc2)cc1F. The number of methoxy groups -OCH3 is 1. The number of nitrogens with one attached hydrogen (secondary N) is 1. The van der Waals surface area contributed by atoms with Crippen molar-refractivity contribution in [2.45, 2.75) is 13.1 Å². The molecule has 0 aliphatic rings. The summed E-state index contributed by atoms with van der Waals surface area (Å²) in [5.74, 6) is -0.292. The largest absolute Gasteiger partial charge is 0.494 e. The number of ether oxygens (including phenoxy) is 1. The van der Waals surface area contributed by atoms with Crippen molar-refractivity contribution in [1.82, 2.24) is 10.2 Å². The zero-order valence-electron chi connectivity index (χ0n) is 13.7. The van der Waals surface area contributed by atoms with E-state index in [9.17, 15) is 9.18 Å². The highest BCUT2D eigenvalue weighted by Crippen LogP contribution is 2.18. The van der Waals surface area contributed by atoms with Gasteiger partial charge in [-0.05, 0) is 42.4 Å². The van der Waals surface area contributed by atoms with Gasteiger partial charge in [0.1, 0.15) is 0 Å². The first-order valence-corrected chi connectivity index (χ1v) is 7.88. The molecule has 0 heterocycles. The summed E-state index contributed by atoms with van der Waals surface area (Å²) in [6.45, 7) is 1.14. The number of benzene rings is 2. The van der Waals surface area contributed by atoms with E-state index < -0.39 is 5.82 Å². The van der Waals surface area contributed by atoms with E-state index in [1.54, 1.807) is 24.3 Å². The maximum Gasteiger partial charge on any atom is 0.234 e. The highest BCUT2D eigenvalue weighted by atomic mass is 35.5. The van der Waals surface area contributed by atoms with Gasteiger partial charge in [0.15, 0.2) is 11.6 Å². The second-order valence-corrected chi connectivity index (χ2v) is 5.98. The van der Waals surface area contributed by atoms with Crippen molar-refractivity contribution in [1.29, 1.82) is 0 Å². The summed E-state index contributed by atoms with van der Waals surface area (Å²) >= 11 is 5.82. The Morgan fingerprint density at radius 2 is 1.88 bits per heavy atom. The molecule has 0 atom stereocenters. The monoisotopic (exact) mass is 350 g/mol. The van der Waals surface area contributed by atoms with E-state index in [1.165, 1.54) is 13.2 Å². The summed E-state index contributed by atoms with van der Waals surface area (Å²) in [4.78, 5) is 13.8. The normalized spacial score (nSPS) is 10.7. The summed E-state index contributed by atoms with van der Waals surface area (Å²) in [5, 5.41) is 3.51. The summed E-state index contributed by atoms with van der Waals surface area (Å²) in [6.07, 6.45) is 0. The lowest BCUT2D eigenvalue weighted by molar-refractivity contribution is -0.122. The van der Waals surface area contributed by atoms with Gasteiger partial charge in [0.05, 0.1) is 13.7 Å². The number of rotatable bonds is 7. The Bertz CT molecular complexity index is 692. The molecule has 6 heteroatoms. The summed E-state index contributed by atoms with van der Waals surface area (Å²) < 4.78 is 18.6. The zero-order valence-corrected chi connectivity index (χ0v) is 14.4. The Hall–Kier alpha value is -2.11. The van der Waals surface area contributed by atoms with Crippen molar-refractivity contribution >= 4 is 17.5 Å². The quantitative estimate of drug-likeness (QED) is 0.833. The zero-order chi connectivity index (χ0) is 17.5. The predicted octanol–water partition coefficient (Wildman–Crippen LogP) is 3.24. The Kier molecular flexibility index (Phi) is 6.58. The van der Waals surface area contributed by atoms with Gasteiger partial charge in [-0.3, -0.25) is 9.69 Å². The number of amides is 1. The molecule has 24 heavy (non-hydrogen) atoms. The van der Waals surface area contributed by atoms with Crippen molar-refractivity contribution in [2.24, 2.45) is 0 Å². The van der Waals surface area contributed by atoms with E-state index in [0.29, 0.717) is 18.1 Å². The number of nitrogens with zero attached hydrogens (tertiary/aromatic N) is 1. The molecule has 0 saturated heterocycles. The van der Waals surface area contributed by atoms with Crippen molar-refractivity contribution in [3.63, 3.8) is 0 Å². The van der Waals surface area contributed by atoms with Crippen LogP contribution in [0.2, 0.25) is 5.02 Å². The van der Waals surface area contributed by atoms with Crippen LogP contribution < -0.4 is 10.1 Å². The van der Waals surface area contributed by atoms with Gasteiger partial charge >= 0.3 is 0 Å². The molecule has 0 spiro atoms. The van der Waals surface area contributed by atoms with Gasteiger partial charge in [0, 0.05) is 18.1 Å². The molecule has 0 saturated carbocycles. The van der Waals surface area contributed by atoms with Gasteiger partial charge in [-0.2, -0.15) is 0 Å². The fraction of sp³-hybridized carbons (Fsp3) is 0.278. The second-order valence-electron chi connectivity index (χ2n) is 5.54. The number of carbonyl (C=O) groups is 1. The number of hydrogen-bond acceptors (Lipinski definition) is 3. The number of hydrogen-bond donors (Lipinski definition) is 1. The topological polar surface area (TPSA) is 41.6 Å². The van der Waals surface area contributed by atoms with Crippen LogP contribution in [-0.2, 0) is 17.9 Å². The third-order valence-corrected chi connectivity index (χ3v) is 3.74. The molecule has 0 bridgehead atoms. The van der Waals surface area contributed by atoms with Crippen molar-refractivity contribution in [2.75, 3.05) is 20.7 Å². The molecule has 1 amide bonds. The van der Waals surface area contributed by atoms with Crippen molar-refractivity contribution < 1.29 is 13.9 Å². The average Bonchev–Trinajstić information content (AvgIpc) is 2.54. The van der Waals surface area contributed by atoms with E-state index in [0.717, 1.165) is 11.1 Å². The minimum Gasteiger partial charge on any atom is -0.494 e. The smallest absolute Gasteiger partial charge is 0.234 e. The number of halogens is 2. The summed E-state index contributed by atoms with van der Waals surface area (Å²) in [6, 6.07) is 12.1. The van der Waals surface area contributed by atoms with Crippen LogP contribution in [0.15, 0.2) is 42.5 Å². The first kappa shape index (κ1) is 18.2. The maximum atomic E-state index is 13.7. The van der Waals surface area contributed by atoms with Crippen molar-refractivity contribution in [3.05, 3.63) is 64.4 Å². The van der Waals surface area contributed by atoms with Crippen LogP contribution >= 0.6 is 11.6 Å². The average molecular weight is 351 g/mol. The van der Waals surface area contributed by atoms with Crippen LogP contribution in [0.25, 0.3) is 0 Å². The van der Waals surface area contributed by atoms with Gasteiger partial charge < -0.3 is 10.1 Å². The fourth-order valence-corrected chi connectivity index (χ4v) is 2.41. The Balaban J connectivity index is 1.80. The van der Waals surface area contributed by atoms with Crippen LogP contribution in [0.3, 0.4) is 0 Å². The van der Waals surface area contributed by atoms with Gasteiger partial charge in [0.2, 0.25) is 5.91 Å². The first-order valence-electron chi connectivity index (χ1n) is 7.50.